The van der Waals surface area contributed by atoms with Crippen LogP contribution in [0.15, 0.2) is 72.8 Å². The van der Waals surface area contributed by atoms with E-state index in [-0.39, 0.29) is 11.5 Å². The lowest BCUT2D eigenvalue weighted by Gasteiger charge is -2.08. The van der Waals surface area contributed by atoms with E-state index in [1.54, 1.807) is 54.6 Å². The predicted octanol–water partition coefficient (Wildman–Crippen LogP) is 3.29. The van der Waals surface area contributed by atoms with Crippen LogP contribution in [0, 0.1) is 0 Å². The van der Waals surface area contributed by atoms with Gasteiger partial charge in [-0.15, -0.1) is 0 Å². The molecule has 0 aliphatic rings. The summed E-state index contributed by atoms with van der Waals surface area (Å²) in [7, 11) is 0. The SMILES string of the molecule is Nc1cccc(C(=O)Oc2cccc(OC(=O)c3cccc(N)c3)c2)c1. The van der Waals surface area contributed by atoms with Crippen LogP contribution in [0.25, 0.3) is 0 Å². The molecule has 3 aromatic carbocycles. The van der Waals surface area contributed by atoms with E-state index in [0.717, 1.165) is 0 Å². The molecule has 130 valence electrons. The third-order valence-electron chi connectivity index (χ3n) is 3.47. The van der Waals surface area contributed by atoms with Crippen LogP contribution in [0.5, 0.6) is 11.5 Å². The Kier molecular flexibility index (Phi) is 4.85. The molecule has 4 N–H and O–H groups in total. The van der Waals surface area contributed by atoms with Crippen molar-refractivity contribution < 1.29 is 19.1 Å². The van der Waals surface area contributed by atoms with Gasteiger partial charge in [0.05, 0.1) is 11.1 Å². The summed E-state index contributed by atoms with van der Waals surface area (Å²) in [6.07, 6.45) is 0. The van der Waals surface area contributed by atoms with Gasteiger partial charge in [0.2, 0.25) is 0 Å². The van der Waals surface area contributed by atoms with Crippen LogP contribution >= 0.6 is 0 Å². The van der Waals surface area contributed by atoms with Gasteiger partial charge in [0.1, 0.15) is 11.5 Å². The summed E-state index contributed by atoms with van der Waals surface area (Å²) in [4.78, 5) is 24.3. The van der Waals surface area contributed by atoms with Crippen molar-refractivity contribution in [2.75, 3.05) is 11.5 Å². The van der Waals surface area contributed by atoms with Crippen molar-refractivity contribution in [1.29, 1.82) is 0 Å². The van der Waals surface area contributed by atoms with E-state index >= 15 is 0 Å². The largest absolute Gasteiger partial charge is 0.423 e. The third-order valence-corrected chi connectivity index (χ3v) is 3.47. The standard InChI is InChI=1S/C20H16N2O4/c21-15-6-1-4-13(10-15)19(23)25-17-8-3-9-18(12-17)26-20(24)14-5-2-7-16(22)11-14/h1-12H,21-22H2. The van der Waals surface area contributed by atoms with E-state index in [0.29, 0.717) is 22.5 Å². The molecule has 0 bridgehead atoms. The molecular weight excluding hydrogens is 332 g/mol. The zero-order valence-corrected chi connectivity index (χ0v) is 13.7. The molecule has 3 aromatic rings. The molecule has 0 saturated heterocycles. The fourth-order valence-electron chi connectivity index (χ4n) is 2.26. The molecule has 0 aromatic heterocycles. The van der Waals surface area contributed by atoms with Crippen molar-refractivity contribution in [2.45, 2.75) is 0 Å². The molecule has 6 nitrogen and oxygen atoms in total. The first-order valence-electron chi connectivity index (χ1n) is 7.77. The predicted molar refractivity (Wildman–Crippen MR) is 98.1 cm³/mol. The van der Waals surface area contributed by atoms with Crippen LogP contribution in [-0.2, 0) is 0 Å². The normalized spacial score (nSPS) is 10.2. The number of hydrogen-bond acceptors (Lipinski definition) is 6. The molecular formula is C20H16N2O4. The van der Waals surface area contributed by atoms with Crippen molar-refractivity contribution in [1.82, 2.24) is 0 Å². The first-order chi connectivity index (χ1) is 12.5. The third kappa shape index (κ3) is 4.18. The maximum atomic E-state index is 12.2. The summed E-state index contributed by atoms with van der Waals surface area (Å²) in [6, 6.07) is 19.1. The minimum atomic E-state index is -0.559. The zero-order chi connectivity index (χ0) is 18.5. The number of carbonyl (C=O) groups is 2. The van der Waals surface area contributed by atoms with E-state index < -0.39 is 11.9 Å². The second-order valence-corrected chi connectivity index (χ2v) is 5.50. The highest BCUT2D eigenvalue weighted by molar-refractivity contribution is 5.93. The van der Waals surface area contributed by atoms with Crippen molar-refractivity contribution in [3.8, 4) is 11.5 Å². The van der Waals surface area contributed by atoms with Crippen molar-refractivity contribution in [2.24, 2.45) is 0 Å². The highest BCUT2D eigenvalue weighted by atomic mass is 16.5. The number of esters is 2. The summed E-state index contributed by atoms with van der Waals surface area (Å²) >= 11 is 0. The number of hydrogen-bond donors (Lipinski definition) is 2. The zero-order valence-electron chi connectivity index (χ0n) is 13.7. The van der Waals surface area contributed by atoms with E-state index in [1.165, 1.54) is 18.2 Å². The molecule has 26 heavy (non-hydrogen) atoms. The number of anilines is 2. The second-order valence-electron chi connectivity index (χ2n) is 5.50. The molecule has 0 fully saturated rings. The van der Waals surface area contributed by atoms with Gasteiger partial charge < -0.3 is 20.9 Å². The van der Waals surface area contributed by atoms with Crippen molar-refractivity contribution >= 4 is 23.3 Å². The van der Waals surface area contributed by atoms with Crippen molar-refractivity contribution in [3.05, 3.63) is 83.9 Å². The summed E-state index contributed by atoms with van der Waals surface area (Å²) in [5, 5.41) is 0. The topological polar surface area (TPSA) is 105 Å². The minimum Gasteiger partial charge on any atom is -0.423 e. The maximum Gasteiger partial charge on any atom is 0.343 e. The van der Waals surface area contributed by atoms with Crippen molar-refractivity contribution in [3.63, 3.8) is 0 Å². The first kappa shape index (κ1) is 17.0. The molecule has 0 unspecified atom stereocenters. The van der Waals surface area contributed by atoms with Crippen LogP contribution in [-0.4, -0.2) is 11.9 Å². The molecule has 6 heteroatoms. The Balaban J connectivity index is 1.72. The number of ether oxygens (including phenoxy) is 2. The maximum absolute atomic E-state index is 12.2. The van der Waals surface area contributed by atoms with E-state index in [1.807, 2.05) is 0 Å². The van der Waals surface area contributed by atoms with Gasteiger partial charge in [0, 0.05) is 17.4 Å². The molecule has 0 atom stereocenters. The first-order valence-corrected chi connectivity index (χ1v) is 7.77. The van der Waals surface area contributed by atoms with Gasteiger partial charge >= 0.3 is 11.9 Å². The number of rotatable bonds is 4. The highest BCUT2D eigenvalue weighted by Gasteiger charge is 2.12. The summed E-state index contributed by atoms with van der Waals surface area (Å²) in [5.41, 5.74) is 12.9. The molecule has 0 aliphatic heterocycles. The van der Waals surface area contributed by atoms with Crippen LogP contribution in [0.2, 0.25) is 0 Å². The Hall–Kier alpha value is -3.80. The fourth-order valence-corrected chi connectivity index (χ4v) is 2.26. The van der Waals surface area contributed by atoms with E-state index in [4.69, 9.17) is 20.9 Å². The lowest BCUT2D eigenvalue weighted by molar-refractivity contribution is 0.0733. The van der Waals surface area contributed by atoms with Gasteiger partial charge in [-0.05, 0) is 48.5 Å². The summed E-state index contributed by atoms with van der Waals surface area (Å²) < 4.78 is 10.6. The molecule has 0 spiro atoms. The molecule has 0 aliphatic carbocycles. The number of benzene rings is 3. The number of nitrogens with two attached hydrogens (primary N) is 2. The molecule has 0 heterocycles. The monoisotopic (exact) mass is 348 g/mol. The lowest BCUT2D eigenvalue weighted by atomic mass is 10.2. The van der Waals surface area contributed by atoms with Gasteiger partial charge in [0.25, 0.3) is 0 Å². The molecule has 3 rings (SSSR count). The average molecular weight is 348 g/mol. The smallest absolute Gasteiger partial charge is 0.343 e. The Morgan fingerprint density at radius 2 is 1.04 bits per heavy atom. The van der Waals surface area contributed by atoms with Gasteiger partial charge in [-0.3, -0.25) is 0 Å². The van der Waals surface area contributed by atoms with Gasteiger partial charge in [-0.1, -0.05) is 18.2 Å². The summed E-state index contributed by atoms with van der Waals surface area (Å²) in [5.74, 6) is -0.626. The lowest BCUT2D eigenvalue weighted by Crippen LogP contribution is -2.10. The van der Waals surface area contributed by atoms with E-state index in [9.17, 15) is 9.59 Å². The average Bonchev–Trinajstić information content (AvgIpc) is 2.62. The second kappa shape index (κ2) is 7.40. The number of nitrogen functional groups attached to an aromatic ring is 2. The fraction of sp³-hybridized carbons (Fsp3) is 0. The molecule has 0 radical (unpaired) electrons. The van der Waals surface area contributed by atoms with Crippen LogP contribution in [0.3, 0.4) is 0 Å². The molecule has 0 amide bonds. The Bertz CT molecular complexity index is 895. The van der Waals surface area contributed by atoms with Gasteiger partial charge in [-0.25, -0.2) is 9.59 Å². The number of carbonyl (C=O) groups excluding carboxylic acids is 2. The Labute approximate surface area is 150 Å². The van der Waals surface area contributed by atoms with E-state index in [2.05, 4.69) is 0 Å². The van der Waals surface area contributed by atoms with Crippen LogP contribution in [0.1, 0.15) is 20.7 Å². The minimum absolute atomic E-state index is 0.246. The quantitative estimate of drug-likeness (QED) is 0.426. The molecule has 0 saturated carbocycles. The van der Waals surface area contributed by atoms with Crippen LogP contribution < -0.4 is 20.9 Å². The Morgan fingerprint density at radius 1 is 0.615 bits per heavy atom. The Morgan fingerprint density at radius 3 is 1.46 bits per heavy atom. The van der Waals surface area contributed by atoms with Gasteiger partial charge in [-0.2, -0.15) is 0 Å². The van der Waals surface area contributed by atoms with Crippen LogP contribution in [0.4, 0.5) is 11.4 Å². The summed E-state index contributed by atoms with van der Waals surface area (Å²) in [6.45, 7) is 0. The highest BCUT2D eigenvalue weighted by Crippen LogP contribution is 2.22. The van der Waals surface area contributed by atoms with Gasteiger partial charge in [0.15, 0.2) is 0 Å².